The maximum absolute atomic E-state index is 12.3. The minimum atomic E-state index is -0.160. The molecule has 5 nitrogen and oxygen atoms in total. The van der Waals surface area contributed by atoms with Gasteiger partial charge < -0.3 is 4.74 Å². The van der Waals surface area contributed by atoms with Crippen molar-refractivity contribution in [3.63, 3.8) is 0 Å². The van der Waals surface area contributed by atoms with E-state index in [0.29, 0.717) is 15.9 Å². The molecule has 0 bridgehead atoms. The number of anilines is 1. The minimum absolute atomic E-state index is 0.160. The highest BCUT2D eigenvalue weighted by Crippen LogP contribution is 2.38. The van der Waals surface area contributed by atoms with Crippen LogP contribution in [0.2, 0.25) is 0 Å². The molecular weight excluding hydrogens is 342 g/mol. The van der Waals surface area contributed by atoms with Gasteiger partial charge in [-0.1, -0.05) is 40.4 Å². The van der Waals surface area contributed by atoms with Gasteiger partial charge in [-0.25, -0.2) is 9.97 Å². The van der Waals surface area contributed by atoms with E-state index in [2.05, 4.69) is 15.3 Å². The highest BCUT2D eigenvalue weighted by Gasteiger charge is 2.14. The van der Waals surface area contributed by atoms with E-state index in [1.807, 2.05) is 43.3 Å². The fraction of sp³-hybridized carbons (Fsp3) is 0.118. The number of thiazole rings is 2. The number of benzene rings is 2. The summed E-state index contributed by atoms with van der Waals surface area (Å²) in [4.78, 5) is 21.2. The molecule has 1 N–H and O–H groups in total. The second kappa shape index (κ2) is 5.85. The Morgan fingerprint density at radius 1 is 1.00 bits per heavy atom. The molecule has 4 aromatic rings. The molecule has 0 saturated heterocycles. The molecule has 0 radical (unpaired) electrons. The summed E-state index contributed by atoms with van der Waals surface area (Å²) in [6, 6.07) is 11.3. The number of aryl methyl sites for hydroxylation is 1. The Bertz CT molecular complexity index is 1050. The molecule has 0 fully saturated rings. The first-order valence-corrected chi connectivity index (χ1v) is 8.89. The fourth-order valence-corrected chi connectivity index (χ4v) is 4.33. The molecule has 2 heterocycles. The predicted octanol–water partition coefficient (Wildman–Crippen LogP) is 4.48. The Morgan fingerprint density at radius 2 is 1.67 bits per heavy atom. The summed E-state index contributed by atoms with van der Waals surface area (Å²) in [7, 11) is 1.61. The van der Waals surface area contributed by atoms with Crippen molar-refractivity contribution >= 4 is 54.1 Å². The van der Waals surface area contributed by atoms with Gasteiger partial charge in [0.05, 0.1) is 27.5 Å². The van der Waals surface area contributed by atoms with Gasteiger partial charge in [0.25, 0.3) is 11.1 Å². The molecule has 0 aliphatic rings. The molecule has 4 rings (SSSR count). The van der Waals surface area contributed by atoms with Crippen LogP contribution >= 0.6 is 22.7 Å². The maximum Gasteiger partial charge on any atom is 0.274 e. The molecule has 7 heteroatoms. The number of aromatic nitrogens is 2. The van der Waals surface area contributed by atoms with E-state index in [0.717, 1.165) is 26.0 Å². The molecule has 1 amide bonds. The zero-order chi connectivity index (χ0) is 16.7. The summed E-state index contributed by atoms with van der Waals surface area (Å²) < 4.78 is 7.24. The number of ether oxygens (including phenoxy) is 1. The second-order valence-electron chi connectivity index (χ2n) is 5.29. The number of nitrogens with zero attached hydrogens (tertiary/aromatic N) is 2. The van der Waals surface area contributed by atoms with Crippen molar-refractivity contribution in [2.24, 2.45) is 0 Å². The van der Waals surface area contributed by atoms with Crippen LogP contribution in [0.25, 0.3) is 20.4 Å². The number of hydrogen-bond acceptors (Lipinski definition) is 6. The van der Waals surface area contributed by atoms with Crippen LogP contribution < -0.4 is 10.1 Å². The number of fused-ring (bicyclic) bond motifs is 3. The van der Waals surface area contributed by atoms with Crippen LogP contribution in [0.1, 0.15) is 15.9 Å². The third-order valence-corrected chi connectivity index (χ3v) is 5.78. The Kier molecular flexibility index (Phi) is 3.66. The first-order chi connectivity index (χ1) is 11.6. The molecule has 0 unspecified atom stereocenters. The fourth-order valence-electron chi connectivity index (χ4n) is 2.37. The van der Waals surface area contributed by atoms with Gasteiger partial charge in [-0.15, -0.1) is 0 Å². The monoisotopic (exact) mass is 355 g/mol. The number of carbonyl (C=O) groups is 1. The summed E-state index contributed by atoms with van der Waals surface area (Å²) >= 11 is 2.93. The van der Waals surface area contributed by atoms with Gasteiger partial charge in [0.15, 0.2) is 5.13 Å². The topological polar surface area (TPSA) is 64.1 Å². The van der Waals surface area contributed by atoms with Crippen LogP contribution in [0.5, 0.6) is 5.19 Å². The van der Waals surface area contributed by atoms with E-state index >= 15 is 0 Å². The maximum atomic E-state index is 12.3. The predicted molar refractivity (Wildman–Crippen MR) is 98.5 cm³/mol. The van der Waals surface area contributed by atoms with Crippen molar-refractivity contribution in [3.8, 4) is 5.19 Å². The zero-order valence-electron chi connectivity index (χ0n) is 13.0. The number of rotatable bonds is 3. The van der Waals surface area contributed by atoms with E-state index < -0.39 is 0 Å². The van der Waals surface area contributed by atoms with Crippen LogP contribution in [-0.4, -0.2) is 23.0 Å². The van der Waals surface area contributed by atoms with Crippen LogP contribution in [0.15, 0.2) is 36.4 Å². The van der Waals surface area contributed by atoms with E-state index in [4.69, 9.17) is 4.74 Å². The lowest BCUT2D eigenvalue weighted by atomic mass is 10.1. The number of carbonyl (C=O) groups excluding carboxylic acids is 1. The Balaban J connectivity index is 1.69. The molecule has 0 aliphatic heterocycles. The lowest BCUT2D eigenvalue weighted by Crippen LogP contribution is -2.11. The largest absolute Gasteiger partial charge is 0.473 e. The molecular formula is C17H13N3O2S2. The second-order valence-corrected chi connectivity index (χ2v) is 7.25. The third-order valence-electron chi connectivity index (χ3n) is 3.60. The van der Waals surface area contributed by atoms with Crippen molar-refractivity contribution < 1.29 is 9.53 Å². The first kappa shape index (κ1) is 15.0. The van der Waals surface area contributed by atoms with Crippen molar-refractivity contribution in [1.29, 1.82) is 0 Å². The average Bonchev–Trinajstić information content (AvgIpc) is 3.17. The van der Waals surface area contributed by atoms with Gasteiger partial charge in [0.1, 0.15) is 0 Å². The van der Waals surface area contributed by atoms with Crippen LogP contribution in [0, 0.1) is 6.92 Å². The van der Waals surface area contributed by atoms with Crippen molar-refractivity contribution in [2.75, 3.05) is 12.4 Å². The van der Waals surface area contributed by atoms with Gasteiger partial charge in [0, 0.05) is 5.56 Å². The van der Waals surface area contributed by atoms with Crippen molar-refractivity contribution in [3.05, 3.63) is 47.5 Å². The Morgan fingerprint density at radius 3 is 2.38 bits per heavy atom. The number of hydrogen-bond donors (Lipinski definition) is 1. The lowest BCUT2D eigenvalue weighted by Gasteiger charge is -2.01. The first-order valence-electron chi connectivity index (χ1n) is 7.26. The third kappa shape index (κ3) is 2.61. The number of methoxy groups -OCH3 is 1. The average molecular weight is 355 g/mol. The Labute approximate surface area is 145 Å². The molecule has 0 aliphatic carbocycles. The molecule has 24 heavy (non-hydrogen) atoms. The van der Waals surface area contributed by atoms with Crippen molar-refractivity contribution in [1.82, 2.24) is 9.97 Å². The summed E-state index contributed by atoms with van der Waals surface area (Å²) in [6.07, 6.45) is 0. The lowest BCUT2D eigenvalue weighted by molar-refractivity contribution is 0.102. The highest BCUT2D eigenvalue weighted by molar-refractivity contribution is 7.29. The SMILES string of the molecule is COc1nc2ccc3nc(NC(=O)c4ccc(C)cc4)sc3c2s1. The van der Waals surface area contributed by atoms with Gasteiger partial charge in [-0.3, -0.25) is 10.1 Å². The van der Waals surface area contributed by atoms with E-state index in [9.17, 15) is 4.79 Å². The molecule has 0 saturated carbocycles. The van der Waals surface area contributed by atoms with Crippen LogP contribution in [0.4, 0.5) is 5.13 Å². The molecule has 0 atom stereocenters. The molecule has 120 valence electrons. The van der Waals surface area contributed by atoms with Gasteiger partial charge >= 0.3 is 0 Å². The minimum Gasteiger partial charge on any atom is -0.473 e. The quantitative estimate of drug-likeness (QED) is 0.589. The summed E-state index contributed by atoms with van der Waals surface area (Å²) in [5.74, 6) is -0.160. The molecule has 2 aromatic carbocycles. The van der Waals surface area contributed by atoms with E-state index in [1.165, 1.54) is 22.7 Å². The summed E-state index contributed by atoms with van der Waals surface area (Å²) in [5, 5.41) is 4.07. The van der Waals surface area contributed by atoms with Crippen LogP contribution in [0.3, 0.4) is 0 Å². The number of nitrogens with one attached hydrogen (secondary N) is 1. The molecule has 2 aromatic heterocycles. The standard InChI is InChI=1S/C17H13N3O2S2/c1-9-3-5-10(6-4-9)15(21)20-16-18-11-7-8-12-14(13(11)23-16)24-17(19-12)22-2/h3-8H,1-2H3,(H,18,20,21). The van der Waals surface area contributed by atoms with E-state index in [-0.39, 0.29) is 5.91 Å². The highest BCUT2D eigenvalue weighted by atomic mass is 32.1. The smallest absolute Gasteiger partial charge is 0.274 e. The summed E-state index contributed by atoms with van der Waals surface area (Å²) in [6.45, 7) is 1.99. The van der Waals surface area contributed by atoms with Crippen LogP contribution in [-0.2, 0) is 0 Å². The van der Waals surface area contributed by atoms with E-state index in [1.54, 1.807) is 7.11 Å². The van der Waals surface area contributed by atoms with Crippen molar-refractivity contribution in [2.45, 2.75) is 6.92 Å². The Hall–Kier alpha value is -2.51. The van der Waals surface area contributed by atoms with Gasteiger partial charge in [0.2, 0.25) is 0 Å². The number of amides is 1. The normalized spacial score (nSPS) is 11.1. The molecule has 0 spiro atoms. The van der Waals surface area contributed by atoms with Gasteiger partial charge in [-0.2, -0.15) is 0 Å². The summed E-state index contributed by atoms with van der Waals surface area (Å²) in [5.41, 5.74) is 3.46. The zero-order valence-corrected chi connectivity index (χ0v) is 14.6. The van der Waals surface area contributed by atoms with Gasteiger partial charge in [-0.05, 0) is 31.2 Å².